The molecule has 2 unspecified atom stereocenters. The number of rotatable bonds is 8. The molecule has 1 aromatic heterocycles. The highest BCUT2D eigenvalue weighted by Gasteiger charge is 2.32. The molecule has 0 aliphatic carbocycles. The van der Waals surface area contributed by atoms with Gasteiger partial charge < -0.3 is 15.0 Å². The van der Waals surface area contributed by atoms with Crippen LogP contribution in [-0.2, 0) is 14.8 Å². The number of hydrogen-bond donors (Lipinski definition) is 1. The zero-order valence-corrected chi connectivity index (χ0v) is 24.0. The van der Waals surface area contributed by atoms with E-state index < -0.39 is 14.9 Å². The van der Waals surface area contributed by atoms with Crippen molar-refractivity contribution in [1.82, 2.24) is 19.5 Å². The number of nitrogens with one attached hydrogen (secondary N) is 1. The molecule has 2 aromatic carbocycles. The maximum atomic E-state index is 13.0. The predicted molar refractivity (Wildman–Crippen MR) is 152 cm³/mol. The zero-order chi connectivity index (χ0) is 28.4. The van der Waals surface area contributed by atoms with E-state index in [1.165, 1.54) is 33.8 Å². The molecule has 5 rings (SSSR count). The van der Waals surface area contributed by atoms with Crippen LogP contribution in [0.2, 0.25) is 0 Å². The smallest absolute Gasteiger partial charge is 0.270 e. The van der Waals surface area contributed by atoms with Crippen LogP contribution in [0.25, 0.3) is 10.2 Å². The van der Waals surface area contributed by atoms with Crippen LogP contribution < -0.4 is 10.2 Å². The van der Waals surface area contributed by atoms with Crippen molar-refractivity contribution >= 4 is 48.3 Å². The number of morpholine rings is 1. The molecule has 40 heavy (non-hydrogen) atoms. The quantitative estimate of drug-likeness (QED) is 0.311. The van der Waals surface area contributed by atoms with E-state index in [4.69, 9.17) is 4.74 Å². The van der Waals surface area contributed by atoms with Crippen LogP contribution in [0.1, 0.15) is 24.2 Å². The van der Waals surface area contributed by atoms with Crippen molar-refractivity contribution in [3.8, 4) is 0 Å². The van der Waals surface area contributed by atoms with E-state index in [2.05, 4.69) is 20.1 Å². The van der Waals surface area contributed by atoms with E-state index in [-0.39, 0.29) is 28.7 Å². The molecule has 3 aromatic rings. The Kier molecular flexibility index (Phi) is 8.33. The number of nitrogens with zero attached hydrogens (tertiary/aromatic N) is 5. The summed E-state index contributed by atoms with van der Waals surface area (Å²) >= 11 is 1.46. The summed E-state index contributed by atoms with van der Waals surface area (Å²) in [5, 5.41) is 14.8. The number of carbonyl (C=O) groups excluding carboxylic acids is 1. The summed E-state index contributed by atoms with van der Waals surface area (Å²) in [5.74, 6) is -0.250. The number of amides is 1. The molecule has 1 amide bonds. The van der Waals surface area contributed by atoms with Crippen molar-refractivity contribution in [2.24, 2.45) is 0 Å². The molecule has 0 spiro atoms. The summed E-state index contributed by atoms with van der Waals surface area (Å²) in [7, 11) is -3.66. The van der Waals surface area contributed by atoms with Gasteiger partial charge in [0.05, 0.1) is 32.2 Å². The largest absolute Gasteiger partial charge is 0.373 e. The summed E-state index contributed by atoms with van der Waals surface area (Å²) in [6, 6.07) is 10.8. The third-order valence-corrected chi connectivity index (χ3v) is 9.99. The van der Waals surface area contributed by atoms with Crippen molar-refractivity contribution in [3.05, 3.63) is 58.1 Å². The number of sulfonamides is 1. The van der Waals surface area contributed by atoms with E-state index in [0.717, 1.165) is 41.5 Å². The van der Waals surface area contributed by atoms with Crippen molar-refractivity contribution < 1.29 is 22.9 Å². The number of aromatic nitrogens is 1. The number of benzene rings is 2. The molecule has 0 radical (unpaired) electrons. The molecule has 12 nitrogen and oxygen atoms in total. The van der Waals surface area contributed by atoms with Gasteiger partial charge in [0.2, 0.25) is 10.0 Å². The molecular formula is C26H32N6O6S2. The monoisotopic (exact) mass is 588 g/mol. The number of piperazine rings is 1. The number of nitro groups is 1. The Morgan fingerprint density at radius 1 is 1.10 bits per heavy atom. The summed E-state index contributed by atoms with van der Waals surface area (Å²) in [6.45, 7) is 8.60. The van der Waals surface area contributed by atoms with E-state index in [9.17, 15) is 23.3 Å². The Bertz CT molecular complexity index is 1480. The third kappa shape index (κ3) is 6.25. The predicted octanol–water partition coefficient (Wildman–Crippen LogP) is 2.55. The van der Waals surface area contributed by atoms with Gasteiger partial charge in [0.1, 0.15) is 0 Å². The van der Waals surface area contributed by atoms with Gasteiger partial charge in [-0.1, -0.05) is 11.3 Å². The van der Waals surface area contributed by atoms with Crippen LogP contribution in [0.5, 0.6) is 0 Å². The van der Waals surface area contributed by atoms with Gasteiger partial charge >= 0.3 is 0 Å². The maximum absolute atomic E-state index is 13.0. The van der Waals surface area contributed by atoms with Crippen molar-refractivity contribution in [2.75, 3.05) is 57.3 Å². The minimum Gasteiger partial charge on any atom is -0.373 e. The molecule has 0 saturated carbocycles. The number of fused-ring (bicyclic) bond motifs is 1. The highest BCUT2D eigenvalue weighted by atomic mass is 32.2. The van der Waals surface area contributed by atoms with Gasteiger partial charge in [0, 0.05) is 70.1 Å². The third-order valence-electron chi connectivity index (χ3n) is 7.07. The van der Waals surface area contributed by atoms with Gasteiger partial charge in [-0.25, -0.2) is 13.4 Å². The average molecular weight is 589 g/mol. The lowest BCUT2D eigenvalue weighted by Crippen LogP contribution is -2.48. The number of carbonyl (C=O) groups is 1. The fourth-order valence-electron chi connectivity index (χ4n) is 5.00. The van der Waals surface area contributed by atoms with E-state index in [0.29, 0.717) is 31.7 Å². The topological polar surface area (TPSA) is 138 Å². The van der Waals surface area contributed by atoms with Crippen LogP contribution in [0.3, 0.4) is 0 Å². The Balaban J connectivity index is 1.09. The van der Waals surface area contributed by atoms with Crippen LogP contribution in [0.4, 0.5) is 10.8 Å². The molecule has 2 aliphatic rings. The summed E-state index contributed by atoms with van der Waals surface area (Å²) in [4.78, 5) is 32.5. The lowest BCUT2D eigenvalue weighted by atomic mass is 10.2. The fraction of sp³-hybridized carbons (Fsp3) is 0.462. The zero-order valence-electron chi connectivity index (χ0n) is 22.4. The van der Waals surface area contributed by atoms with E-state index in [1.54, 1.807) is 24.3 Å². The van der Waals surface area contributed by atoms with Crippen LogP contribution in [0, 0.1) is 10.1 Å². The minimum atomic E-state index is -3.66. The molecule has 14 heteroatoms. The van der Waals surface area contributed by atoms with Gasteiger partial charge in [-0.3, -0.25) is 19.8 Å². The first kappa shape index (κ1) is 28.4. The van der Waals surface area contributed by atoms with Crippen LogP contribution >= 0.6 is 11.3 Å². The van der Waals surface area contributed by atoms with E-state index >= 15 is 0 Å². The molecule has 3 heterocycles. The second-order valence-electron chi connectivity index (χ2n) is 10.1. The second-order valence-corrected chi connectivity index (χ2v) is 13.0. The number of thiazole rings is 1. The maximum Gasteiger partial charge on any atom is 0.270 e. The standard InChI is InChI=1S/C26H32N6O6S2/c1-18-16-31(17-19(2)38-18)40(36,37)22-6-3-20(4-7-22)25(33)27-9-10-29-11-13-30(14-12-29)26-28-23-8-5-21(32(34)35)15-24(23)39-26/h3-8,15,18-19H,9-14,16-17H2,1-2H3,(H,27,33). The van der Waals surface area contributed by atoms with Gasteiger partial charge in [0.25, 0.3) is 11.6 Å². The number of nitro benzene ring substituents is 1. The molecule has 0 bridgehead atoms. The number of anilines is 1. The van der Waals surface area contributed by atoms with Gasteiger partial charge in [-0.15, -0.1) is 0 Å². The van der Waals surface area contributed by atoms with E-state index in [1.807, 2.05) is 13.8 Å². The molecule has 2 fully saturated rings. The highest BCUT2D eigenvalue weighted by Crippen LogP contribution is 2.31. The van der Waals surface area contributed by atoms with Crippen LogP contribution in [0.15, 0.2) is 47.4 Å². The lowest BCUT2D eigenvalue weighted by Gasteiger charge is -2.34. The molecule has 2 saturated heterocycles. The molecule has 2 aliphatic heterocycles. The average Bonchev–Trinajstić information content (AvgIpc) is 3.36. The van der Waals surface area contributed by atoms with Crippen molar-refractivity contribution in [1.29, 1.82) is 0 Å². The molecular weight excluding hydrogens is 556 g/mol. The highest BCUT2D eigenvalue weighted by molar-refractivity contribution is 7.89. The number of ether oxygens (including phenoxy) is 1. The van der Waals surface area contributed by atoms with Gasteiger partial charge in [-0.05, 0) is 44.2 Å². The first-order chi connectivity index (χ1) is 19.1. The van der Waals surface area contributed by atoms with Gasteiger partial charge in [-0.2, -0.15) is 4.31 Å². The van der Waals surface area contributed by atoms with Crippen molar-refractivity contribution in [3.63, 3.8) is 0 Å². The fourth-order valence-corrected chi connectivity index (χ4v) is 7.64. The first-order valence-corrected chi connectivity index (χ1v) is 15.4. The Labute approximate surface area is 236 Å². The Hall–Kier alpha value is -3.17. The van der Waals surface area contributed by atoms with Crippen molar-refractivity contribution in [2.45, 2.75) is 31.0 Å². The van der Waals surface area contributed by atoms with Gasteiger partial charge in [0.15, 0.2) is 5.13 Å². The number of hydrogen-bond acceptors (Lipinski definition) is 10. The van der Waals surface area contributed by atoms with Crippen LogP contribution in [-0.4, -0.2) is 98.0 Å². The minimum absolute atomic E-state index is 0.0628. The summed E-state index contributed by atoms with van der Waals surface area (Å²) in [5.41, 5.74) is 1.23. The SMILES string of the molecule is CC1CN(S(=O)(=O)c2ccc(C(=O)NCCN3CCN(c4nc5ccc([N+](=O)[O-])cc5s4)CC3)cc2)CC(C)O1. The summed E-state index contributed by atoms with van der Waals surface area (Å²) < 4.78 is 33.9. The summed E-state index contributed by atoms with van der Waals surface area (Å²) in [6.07, 6.45) is -0.351. The lowest BCUT2D eigenvalue weighted by molar-refractivity contribution is -0.384. The molecule has 1 N–H and O–H groups in total. The Morgan fingerprint density at radius 3 is 2.42 bits per heavy atom. The Morgan fingerprint density at radius 2 is 1.77 bits per heavy atom. The molecule has 2 atom stereocenters. The first-order valence-electron chi connectivity index (χ1n) is 13.2. The second kappa shape index (κ2) is 11.7. The molecule has 214 valence electrons. The normalized spacial score (nSPS) is 21.0. The number of non-ortho nitro benzene ring substituents is 1.